The monoisotopic (exact) mass is 409 g/mol. The molecule has 0 bridgehead atoms. The number of halogens is 2. The van der Waals surface area contributed by atoms with Crippen LogP contribution in [0.25, 0.3) is 0 Å². The molecule has 5 heteroatoms. The van der Waals surface area contributed by atoms with Gasteiger partial charge in [-0.05, 0) is 61.8 Å². The summed E-state index contributed by atoms with van der Waals surface area (Å²) in [7, 11) is 0. The quantitative estimate of drug-likeness (QED) is 0.742. The first kappa shape index (κ1) is 17.7. The number of aliphatic hydroxyl groups is 1. The van der Waals surface area contributed by atoms with Crippen molar-refractivity contribution in [1.82, 2.24) is 4.90 Å². The lowest BCUT2D eigenvalue weighted by molar-refractivity contribution is 0.122. The molecule has 0 saturated carbocycles. The number of likely N-dealkylation sites (tertiary alicyclic amines) is 1. The first-order chi connectivity index (χ1) is 11.6. The van der Waals surface area contributed by atoms with Crippen LogP contribution in [0.4, 0.5) is 0 Å². The highest BCUT2D eigenvalue weighted by Crippen LogP contribution is 2.30. The Balaban J connectivity index is 1.70. The summed E-state index contributed by atoms with van der Waals surface area (Å²) in [6.07, 6.45) is 1.87. The van der Waals surface area contributed by atoms with Crippen molar-refractivity contribution in [2.75, 3.05) is 19.6 Å². The van der Waals surface area contributed by atoms with E-state index in [2.05, 4.69) is 20.8 Å². The zero-order valence-electron chi connectivity index (χ0n) is 13.4. The van der Waals surface area contributed by atoms with E-state index in [1.165, 1.54) is 12.8 Å². The van der Waals surface area contributed by atoms with Gasteiger partial charge in [-0.1, -0.05) is 39.7 Å². The van der Waals surface area contributed by atoms with E-state index in [0.29, 0.717) is 18.2 Å². The van der Waals surface area contributed by atoms with E-state index in [4.69, 9.17) is 16.3 Å². The van der Waals surface area contributed by atoms with Gasteiger partial charge in [-0.3, -0.25) is 0 Å². The second kappa shape index (κ2) is 8.34. The predicted molar refractivity (Wildman–Crippen MR) is 101 cm³/mol. The van der Waals surface area contributed by atoms with Gasteiger partial charge < -0.3 is 14.7 Å². The molecule has 3 nitrogen and oxygen atoms in total. The Bertz CT molecular complexity index is 672. The Morgan fingerprint density at radius 1 is 1.12 bits per heavy atom. The van der Waals surface area contributed by atoms with E-state index in [0.717, 1.165) is 34.4 Å². The molecule has 0 amide bonds. The highest BCUT2D eigenvalue weighted by Gasteiger charge is 2.20. The molecule has 1 aliphatic rings. The molecule has 2 aromatic rings. The maximum atomic E-state index is 10.7. The second-order valence-electron chi connectivity index (χ2n) is 6.12. The smallest absolute Gasteiger partial charge is 0.125 e. The van der Waals surface area contributed by atoms with Gasteiger partial charge in [0, 0.05) is 21.6 Å². The van der Waals surface area contributed by atoms with Crippen molar-refractivity contribution in [3.8, 4) is 5.75 Å². The molecule has 0 aromatic heterocycles. The topological polar surface area (TPSA) is 32.7 Å². The van der Waals surface area contributed by atoms with Crippen molar-refractivity contribution in [3.63, 3.8) is 0 Å². The average Bonchev–Trinajstić information content (AvgIpc) is 3.08. The minimum absolute atomic E-state index is 0.447. The lowest BCUT2D eigenvalue weighted by Crippen LogP contribution is -2.25. The molecule has 0 radical (unpaired) electrons. The van der Waals surface area contributed by atoms with Crippen molar-refractivity contribution in [2.45, 2.75) is 25.6 Å². The molecule has 24 heavy (non-hydrogen) atoms. The average molecular weight is 411 g/mol. The number of ether oxygens (including phenoxy) is 1. The number of β-amino-alcohol motifs (C(OH)–C–C–N with tert-alkyl or cyclic N) is 1. The number of nitrogens with zero attached hydrogens (tertiary/aromatic N) is 1. The number of benzene rings is 2. The molecule has 0 aliphatic carbocycles. The number of hydrogen-bond acceptors (Lipinski definition) is 3. The van der Waals surface area contributed by atoms with Gasteiger partial charge >= 0.3 is 0 Å². The third-order valence-corrected chi connectivity index (χ3v) is 5.01. The molecule has 1 fully saturated rings. The molecule has 128 valence electrons. The van der Waals surface area contributed by atoms with E-state index in [-0.39, 0.29) is 0 Å². The van der Waals surface area contributed by atoms with Gasteiger partial charge in [0.25, 0.3) is 0 Å². The van der Waals surface area contributed by atoms with Crippen LogP contribution >= 0.6 is 27.5 Å². The van der Waals surface area contributed by atoms with Crippen molar-refractivity contribution in [3.05, 3.63) is 63.1 Å². The normalized spacial score (nSPS) is 16.3. The van der Waals surface area contributed by atoms with Gasteiger partial charge in [0.2, 0.25) is 0 Å². The summed E-state index contributed by atoms with van der Waals surface area (Å²) in [5, 5.41) is 11.4. The largest absolute Gasteiger partial charge is 0.489 e. The highest BCUT2D eigenvalue weighted by molar-refractivity contribution is 9.10. The lowest BCUT2D eigenvalue weighted by Gasteiger charge is -2.22. The molecule has 0 spiro atoms. The van der Waals surface area contributed by atoms with Crippen LogP contribution in [0, 0.1) is 0 Å². The Kier molecular flexibility index (Phi) is 6.17. The molecule has 1 saturated heterocycles. The van der Waals surface area contributed by atoms with E-state index in [9.17, 15) is 5.11 Å². The summed E-state index contributed by atoms with van der Waals surface area (Å²) < 4.78 is 6.90. The van der Waals surface area contributed by atoms with Crippen LogP contribution in [0.5, 0.6) is 5.75 Å². The van der Waals surface area contributed by atoms with Crippen LogP contribution in [0.2, 0.25) is 5.02 Å². The van der Waals surface area contributed by atoms with E-state index in [1.54, 1.807) is 0 Å². The molecular formula is C19H21BrClNO2. The van der Waals surface area contributed by atoms with Gasteiger partial charge in [-0.2, -0.15) is 0 Å². The molecule has 1 aliphatic heterocycles. The Labute approximate surface area is 156 Å². The van der Waals surface area contributed by atoms with Gasteiger partial charge in [-0.25, -0.2) is 0 Å². The number of aliphatic hydroxyl groups excluding tert-OH is 1. The summed E-state index contributed by atoms with van der Waals surface area (Å²) >= 11 is 9.40. The van der Waals surface area contributed by atoms with Crippen LogP contribution in [0.3, 0.4) is 0 Å². The van der Waals surface area contributed by atoms with E-state index < -0.39 is 6.10 Å². The molecule has 1 atom stereocenters. The van der Waals surface area contributed by atoms with Crippen LogP contribution in [-0.4, -0.2) is 29.6 Å². The fourth-order valence-electron chi connectivity index (χ4n) is 2.96. The van der Waals surface area contributed by atoms with Crippen LogP contribution in [0.15, 0.2) is 46.9 Å². The van der Waals surface area contributed by atoms with Crippen molar-refractivity contribution < 1.29 is 9.84 Å². The molecule has 2 aromatic carbocycles. The Morgan fingerprint density at radius 2 is 1.83 bits per heavy atom. The van der Waals surface area contributed by atoms with Crippen molar-refractivity contribution in [1.29, 1.82) is 0 Å². The van der Waals surface area contributed by atoms with Crippen LogP contribution in [0.1, 0.15) is 30.1 Å². The molecular weight excluding hydrogens is 390 g/mol. The second-order valence-corrected chi connectivity index (χ2v) is 7.47. The summed E-state index contributed by atoms with van der Waals surface area (Å²) in [6, 6.07) is 13.4. The summed E-state index contributed by atoms with van der Waals surface area (Å²) in [5.41, 5.74) is 1.87. The van der Waals surface area contributed by atoms with Gasteiger partial charge in [0.15, 0.2) is 0 Å². The predicted octanol–water partition coefficient (Wildman–Crippen LogP) is 4.81. The zero-order chi connectivity index (χ0) is 16.9. The first-order valence-electron chi connectivity index (χ1n) is 8.19. The van der Waals surface area contributed by atoms with E-state index >= 15 is 0 Å². The molecule has 1 heterocycles. The van der Waals surface area contributed by atoms with Gasteiger partial charge in [0.1, 0.15) is 12.4 Å². The highest BCUT2D eigenvalue weighted by atomic mass is 79.9. The summed E-state index contributed by atoms with van der Waals surface area (Å²) in [6.45, 7) is 3.22. The molecule has 1 N–H and O–H groups in total. The van der Waals surface area contributed by atoms with Gasteiger partial charge in [-0.15, -0.1) is 0 Å². The third kappa shape index (κ3) is 4.73. The first-order valence-corrected chi connectivity index (χ1v) is 9.36. The Hall–Kier alpha value is -1.07. The third-order valence-electron chi connectivity index (χ3n) is 4.27. The Morgan fingerprint density at radius 3 is 2.54 bits per heavy atom. The van der Waals surface area contributed by atoms with E-state index in [1.807, 2.05) is 42.5 Å². The zero-order valence-corrected chi connectivity index (χ0v) is 15.8. The minimum Gasteiger partial charge on any atom is -0.489 e. The summed E-state index contributed by atoms with van der Waals surface area (Å²) in [4.78, 5) is 2.30. The molecule has 3 rings (SSSR count). The maximum Gasteiger partial charge on any atom is 0.125 e. The summed E-state index contributed by atoms with van der Waals surface area (Å²) in [5.74, 6) is 0.722. The number of rotatable bonds is 6. The fraction of sp³-hybridized carbons (Fsp3) is 0.368. The van der Waals surface area contributed by atoms with Gasteiger partial charge in [0.05, 0.1) is 6.10 Å². The lowest BCUT2D eigenvalue weighted by atomic mass is 10.1. The van der Waals surface area contributed by atoms with Crippen LogP contribution in [-0.2, 0) is 6.61 Å². The number of hydrogen-bond donors (Lipinski definition) is 1. The van der Waals surface area contributed by atoms with Crippen molar-refractivity contribution in [2.24, 2.45) is 0 Å². The minimum atomic E-state index is -0.555. The SMILES string of the molecule is OC(CN1CCCC1)c1cc(Br)ccc1OCc1ccc(Cl)cc1. The van der Waals surface area contributed by atoms with Crippen molar-refractivity contribution >= 4 is 27.5 Å². The fourth-order valence-corrected chi connectivity index (χ4v) is 3.47. The molecule has 1 unspecified atom stereocenters. The maximum absolute atomic E-state index is 10.7. The van der Waals surface area contributed by atoms with Crippen LogP contribution < -0.4 is 4.74 Å². The standard InChI is InChI=1S/C19H21BrClNO2/c20-15-5-8-19(24-13-14-3-6-16(21)7-4-14)17(11-15)18(23)12-22-9-1-2-10-22/h3-8,11,18,23H,1-2,9-10,12-13H2.